The van der Waals surface area contributed by atoms with Gasteiger partial charge in [-0.15, -0.1) is 0 Å². The maximum absolute atomic E-state index is 5.77. The monoisotopic (exact) mass is 246 g/mol. The number of hydrogen-bond acceptors (Lipinski definition) is 2. The van der Waals surface area contributed by atoms with E-state index in [-0.39, 0.29) is 0 Å². The third-order valence-electron chi connectivity index (χ3n) is 4.27. The summed E-state index contributed by atoms with van der Waals surface area (Å²) in [6, 6.07) is 11.2. The fraction of sp³-hybridized carbons (Fsp3) is 0.625. The zero-order valence-electron chi connectivity index (χ0n) is 11.3. The van der Waals surface area contributed by atoms with Crippen LogP contribution in [0.25, 0.3) is 0 Å². The van der Waals surface area contributed by atoms with Crippen LogP contribution in [0.5, 0.6) is 0 Å². The van der Waals surface area contributed by atoms with Gasteiger partial charge in [-0.05, 0) is 37.2 Å². The molecule has 1 fully saturated rings. The van der Waals surface area contributed by atoms with Gasteiger partial charge in [0.1, 0.15) is 0 Å². The van der Waals surface area contributed by atoms with E-state index in [4.69, 9.17) is 5.84 Å². The van der Waals surface area contributed by atoms with Crippen LogP contribution in [-0.4, -0.2) is 6.04 Å². The highest BCUT2D eigenvalue weighted by atomic mass is 15.2. The van der Waals surface area contributed by atoms with E-state index in [1.165, 1.54) is 44.1 Å². The SMILES string of the molecule is NNC(CCc1ccccc1)C1CCCCCC1. The Balaban J connectivity index is 1.84. The van der Waals surface area contributed by atoms with Crippen molar-refractivity contribution in [1.29, 1.82) is 0 Å². The molecule has 1 aliphatic carbocycles. The van der Waals surface area contributed by atoms with Gasteiger partial charge in [0.25, 0.3) is 0 Å². The first-order valence-electron chi connectivity index (χ1n) is 7.40. The molecule has 2 nitrogen and oxygen atoms in total. The molecule has 18 heavy (non-hydrogen) atoms. The highest BCUT2D eigenvalue weighted by Gasteiger charge is 2.21. The van der Waals surface area contributed by atoms with Crippen molar-refractivity contribution in [2.24, 2.45) is 11.8 Å². The van der Waals surface area contributed by atoms with Crippen molar-refractivity contribution in [1.82, 2.24) is 5.43 Å². The summed E-state index contributed by atoms with van der Waals surface area (Å²) in [5.41, 5.74) is 4.49. The number of hydrogen-bond donors (Lipinski definition) is 2. The van der Waals surface area contributed by atoms with Crippen LogP contribution in [0.4, 0.5) is 0 Å². The van der Waals surface area contributed by atoms with Gasteiger partial charge in [0, 0.05) is 6.04 Å². The van der Waals surface area contributed by atoms with Gasteiger partial charge in [-0.3, -0.25) is 11.3 Å². The molecule has 3 N–H and O–H groups in total. The predicted octanol–water partition coefficient (Wildman–Crippen LogP) is 3.42. The summed E-state index contributed by atoms with van der Waals surface area (Å²) < 4.78 is 0. The van der Waals surface area contributed by atoms with Gasteiger partial charge in [0.2, 0.25) is 0 Å². The van der Waals surface area contributed by atoms with Crippen LogP contribution < -0.4 is 11.3 Å². The Labute approximate surface area is 111 Å². The lowest BCUT2D eigenvalue weighted by atomic mass is 9.88. The van der Waals surface area contributed by atoms with Crippen LogP contribution in [0, 0.1) is 5.92 Å². The second-order valence-electron chi connectivity index (χ2n) is 5.55. The summed E-state index contributed by atoms with van der Waals surface area (Å²) in [7, 11) is 0. The fourth-order valence-corrected chi connectivity index (χ4v) is 3.14. The summed E-state index contributed by atoms with van der Waals surface area (Å²) in [6.45, 7) is 0. The number of rotatable bonds is 5. The quantitative estimate of drug-likeness (QED) is 0.474. The summed E-state index contributed by atoms with van der Waals surface area (Å²) in [5, 5.41) is 0. The fourth-order valence-electron chi connectivity index (χ4n) is 3.14. The Morgan fingerprint density at radius 1 is 1.06 bits per heavy atom. The molecular formula is C16H26N2. The minimum absolute atomic E-state index is 0.489. The third kappa shape index (κ3) is 4.11. The number of aryl methyl sites for hydroxylation is 1. The van der Waals surface area contributed by atoms with Crippen molar-refractivity contribution in [3.63, 3.8) is 0 Å². The summed E-state index contributed by atoms with van der Waals surface area (Å²) >= 11 is 0. The van der Waals surface area contributed by atoms with Gasteiger partial charge in [-0.25, -0.2) is 0 Å². The maximum atomic E-state index is 5.77. The Kier molecular flexibility index (Phi) is 5.69. The van der Waals surface area contributed by atoms with E-state index >= 15 is 0 Å². The number of benzene rings is 1. The molecule has 2 rings (SSSR count). The van der Waals surface area contributed by atoms with Crippen LogP contribution in [0.1, 0.15) is 50.5 Å². The lowest BCUT2D eigenvalue weighted by Gasteiger charge is -2.25. The second kappa shape index (κ2) is 7.55. The molecule has 1 aliphatic rings. The average Bonchev–Trinajstić information content (AvgIpc) is 2.70. The molecule has 0 amide bonds. The number of hydrazine groups is 1. The van der Waals surface area contributed by atoms with Gasteiger partial charge >= 0.3 is 0 Å². The number of nitrogens with one attached hydrogen (secondary N) is 1. The Morgan fingerprint density at radius 2 is 1.72 bits per heavy atom. The second-order valence-corrected chi connectivity index (χ2v) is 5.55. The van der Waals surface area contributed by atoms with E-state index in [1.807, 2.05) is 0 Å². The van der Waals surface area contributed by atoms with Gasteiger partial charge in [0.05, 0.1) is 0 Å². The molecule has 1 atom stereocenters. The molecular weight excluding hydrogens is 220 g/mol. The van der Waals surface area contributed by atoms with Crippen molar-refractivity contribution < 1.29 is 0 Å². The minimum Gasteiger partial charge on any atom is -0.271 e. The predicted molar refractivity (Wildman–Crippen MR) is 77.1 cm³/mol. The smallest absolute Gasteiger partial charge is 0.0241 e. The van der Waals surface area contributed by atoms with Gasteiger partial charge in [0.15, 0.2) is 0 Å². The van der Waals surface area contributed by atoms with E-state index in [2.05, 4.69) is 35.8 Å². The Hall–Kier alpha value is -0.860. The topological polar surface area (TPSA) is 38.0 Å². The molecule has 0 spiro atoms. The molecule has 0 saturated heterocycles. The van der Waals surface area contributed by atoms with E-state index in [0.29, 0.717) is 6.04 Å². The first-order valence-corrected chi connectivity index (χ1v) is 7.40. The zero-order chi connectivity index (χ0) is 12.6. The van der Waals surface area contributed by atoms with Crippen LogP contribution in [0.15, 0.2) is 30.3 Å². The third-order valence-corrected chi connectivity index (χ3v) is 4.27. The molecule has 1 saturated carbocycles. The molecule has 0 radical (unpaired) electrons. The summed E-state index contributed by atoms with van der Waals surface area (Å²) in [5.74, 6) is 6.55. The zero-order valence-corrected chi connectivity index (χ0v) is 11.3. The molecule has 100 valence electrons. The normalized spacial score (nSPS) is 19.4. The maximum Gasteiger partial charge on any atom is 0.0241 e. The van der Waals surface area contributed by atoms with Crippen molar-refractivity contribution >= 4 is 0 Å². The van der Waals surface area contributed by atoms with Crippen LogP contribution >= 0.6 is 0 Å². The lowest BCUT2D eigenvalue weighted by Crippen LogP contribution is -2.41. The van der Waals surface area contributed by atoms with E-state index in [0.717, 1.165) is 18.8 Å². The van der Waals surface area contributed by atoms with Crippen molar-refractivity contribution in [2.75, 3.05) is 0 Å². The largest absolute Gasteiger partial charge is 0.271 e. The lowest BCUT2D eigenvalue weighted by molar-refractivity contribution is 0.307. The van der Waals surface area contributed by atoms with Crippen molar-refractivity contribution in [2.45, 2.75) is 57.4 Å². The van der Waals surface area contributed by atoms with Crippen molar-refractivity contribution in [3.05, 3.63) is 35.9 Å². The molecule has 2 heteroatoms. The standard InChI is InChI=1S/C16H26N2/c17-18-16(15-10-6-1-2-7-11-15)13-12-14-8-4-3-5-9-14/h3-5,8-9,15-16,18H,1-2,6-7,10-13,17H2. The van der Waals surface area contributed by atoms with E-state index < -0.39 is 0 Å². The van der Waals surface area contributed by atoms with E-state index in [9.17, 15) is 0 Å². The van der Waals surface area contributed by atoms with Crippen LogP contribution in [0.2, 0.25) is 0 Å². The van der Waals surface area contributed by atoms with Crippen molar-refractivity contribution in [3.8, 4) is 0 Å². The van der Waals surface area contributed by atoms with E-state index in [1.54, 1.807) is 0 Å². The average molecular weight is 246 g/mol. The highest BCUT2D eigenvalue weighted by Crippen LogP contribution is 2.27. The molecule has 1 unspecified atom stereocenters. The molecule has 0 aromatic heterocycles. The highest BCUT2D eigenvalue weighted by molar-refractivity contribution is 5.14. The van der Waals surface area contributed by atoms with Crippen LogP contribution in [0.3, 0.4) is 0 Å². The summed E-state index contributed by atoms with van der Waals surface area (Å²) in [6.07, 6.45) is 10.6. The van der Waals surface area contributed by atoms with Gasteiger partial charge in [-0.1, -0.05) is 56.0 Å². The Bertz CT molecular complexity index is 315. The first-order chi connectivity index (χ1) is 8.90. The molecule has 0 heterocycles. The van der Waals surface area contributed by atoms with Crippen LogP contribution in [-0.2, 0) is 6.42 Å². The molecule has 1 aromatic rings. The van der Waals surface area contributed by atoms with Gasteiger partial charge in [-0.2, -0.15) is 0 Å². The summed E-state index contributed by atoms with van der Waals surface area (Å²) in [4.78, 5) is 0. The first kappa shape index (κ1) is 13.6. The number of nitrogens with two attached hydrogens (primary N) is 1. The molecule has 0 bridgehead atoms. The Morgan fingerprint density at radius 3 is 2.33 bits per heavy atom. The minimum atomic E-state index is 0.489. The molecule has 1 aromatic carbocycles. The van der Waals surface area contributed by atoms with Gasteiger partial charge < -0.3 is 0 Å². The molecule has 0 aliphatic heterocycles.